The fourth-order valence-corrected chi connectivity index (χ4v) is 3.10. The summed E-state index contributed by atoms with van der Waals surface area (Å²) in [5.41, 5.74) is 3.28. The first-order chi connectivity index (χ1) is 10.8. The number of aromatic amines is 1. The van der Waals surface area contributed by atoms with Crippen molar-refractivity contribution >= 4 is 0 Å². The largest absolute Gasteiger partial charge is 0.454 e. The number of benzene rings is 1. The van der Waals surface area contributed by atoms with Crippen LogP contribution < -0.4 is 14.8 Å². The van der Waals surface area contributed by atoms with E-state index in [9.17, 15) is 0 Å². The van der Waals surface area contributed by atoms with Crippen molar-refractivity contribution in [1.29, 1.82) is 0 Å². The smallest absolute Gasteiger partial charge is 0.231 e. The lowest BCUT2D eigenvalue weighted by Crippen LogP contribution is -2.30. The molecular weight excluding hydrogens is 280 g/mol. The second kappa shape index (κ2) is 5.62. The van der Waals surface area contributed by atoms with E-state index in [1.807, 2.05) is 24.4 Å². The second-order valence-electron chi connectivity index (χ2n) is 5.97. The van der Waals surface area contributed by atoms with Gasteiger partial charge < -0.3 is 19.7 Å². The molecular formula is C16H20N4O2. The zero-order chi connectivity index (χ0) is 14.9. The molecule has 0 amide bonds. The van der Waals surface area contributed by atoms with Crippen molar-refractivity contribution in [3.63, 3.8) is 0 Å². The van der Waals surface area contributed by atoms with Crippen molar-refractivity contribution in [2.24, 2.45) is 0 Å². The van der Waals surface area contributed by atoms with Crippen LogP contribution in [0.25, 0.3) is 11.3 Å². The third kappa shape index (κ3) is 2.55. The van der Waals surface area contributed by atoms with Gasteiger partial charge in [0.05, 0.1) is 11.9 Å². The molecule has 0 bridgehead atoms. The molecule has 2 aromatic rings. The first-order valence-electron chi connectivity index (χ1n) is 7.64. The van der Waals surface area contributed by atoms with E-state index in [1.54, 1.807) is 0 Å². The molecule has 0 spiro atoms. The maximum Gasteiger partial charge on any atom is 0.231 e. The van der Waals surface area contributed by atoms with Crippen LogP contribution >= 0.6 is 0 Å². The Morgan fingerprint density at radius 3 is 3.14 bits per heavy atom. The van der Waals surface area contributed by atoms with Crippen molar-refractivity contribution < 1.29 is 9.47 Å². The minimum absolute atomic E-state index is 0.297. The van der Waals surface area contributed by atoms with E-state index in [1.165, 1.54) is 12.0 Å². The van der Waals surface area contributed by atoms with Gasteiger partial charge in [-0.2, -0.15) is 5.10 Å². The van der Waals surface area contributed by atoms with Crippen molar-refractivity contribution in [3.05, 3.63) is 30.0 Å². The van der Waals surface area contributed by atoms with Gasteiger partial charge in [-0.05, 0) is 38.2 Å². The summed E-state index contributed by atoms with van der Waals surface area (Å²) >= 11 is 0. The van der Waals surface area contributed by atoms with Crippen LogP contribution in [0.2, 0.25) is 0 Å². The summed E-state index contributed by atoms with van der Waals surface area (Å²) in [7, 11) is 2.16. The first kappa shape index (κ1) is 13.6. The van der Waals surface area contributed by atoms with Gasteiger partial charge >= 0.3 is 0 Å². The lowest BCUT2D eigenvalue weighted by atomic mass is 10.1. The molecule has 1 saturated heterocycles. The SMILES string of the molecule is CN1CC[C@@H](NCc2cn[nH]c2-c2ccc3c(c2)OCO3)C1. The van der Waals surface area contributed by atoms with E-state index in [0.29, 0.717) is 12.8 Å². The summed E-state index contributed by atoms with van der Waals surface area (Å²) in [6, 6.07) is 6.54. The maximum atomic E-state index is 5.45. The van der Waals surface area contributed by atoms with Crippen LogP contribution in [0.15, 0.2) is 24.4 Å². The van der Waals surface area contributed by atoms with Crippen molar-refractivity contribution in [2.75, 3.05) is 26.9 Å². The predicted molar refractivity (Wildman–Crippen MR) is 82.9 cm³/mol. The number of ether oxygens (including phenoxy) is 2. The number of nitrogens with zero attached hydrogens (tertiary/aromatic N) is 2. The number of likely N-dealkylation sites (tertiary alicyclic amines) is 1. The normalized spacial score (nSPS) is 20.7. The highest BCUT2D eigenvalue weighted by atomic mass is 16.7. The Hall–Kier alpha value is -2.05. The third-order valence-corrected chi connectivity index (χ3v) is 4.35. The number of fused-ring (bicyclic) bond motifs is 1. The summed E-state index contributed by atoms with van der Waals surface area (Å²) in [6.07, 6.45) is 3.10. The maximum absolute atomic E-state index is 5.45. The van der Waals surface area contributed by atoms with Crippen LogP contribution in [0.5, 0.6) is 11.5 Å². The van der Waals surface area contributed by atoms with Crippen LogP contribution in [-0.2, 0) is 6.54 Å². The lowest BCUT2D eigenvalue weighted by Gasteiger charge is -2.13. The predicted octanol–water partition coefficient (Wildman–Crippen LogP) is 1.60. The molecule has 3 heterocycles. The van der Waals surface area contributed by atoms with Gasteiger partial charge in [-0.25, -0.2) is 0 Å². The van der Waals surface area contributed by atoms with Gasteiger partial charge in [0.15, 0.2) is 11.5 Å². The average Bonchev–Trinajstić information content (AvgIpc) is 3.24. The minimum Gasteiger partial charge on any atom is -0.454 e. The number of H-pyrrole nitrogens is 1. The zero-order valence-corrected chi connectivity index (χ0v) is 12.6. The van der Waals surface area contributed by atoms with E-state index in [4.69, 9.17) is 9.47 Å². The molecule has 1 aromatic carbocycles. The van der Waals surface area contributed by atoms with Crippen LogP contribution in [0.4, 0.5) is 0 Å². The van der Waals surface area contributed by atoms with Crippen LogP contribution in [0.1, 0.15) is 12.0 Å². The molecule has 1 atom stereocenters. The van der Waals surface area contributed by atoms with Crippen molar-refractivity contribution in [1.82, 2.24) is 20.4 Å². The second-order valence-corrected chi connectivity index (χ2v) is 5.97. The third-order valence-electron chi connectivity index (χ3n) is 4.35. The van der Waals surface area contributed by atoms with Crippen LogP contribution in [-0.4, -0.2) is 48.1 Å². The molecule has 116 valence electrons. The molecule has 0 aliphatic carbocycles. The van der Waals surface area contributed by atoms with Crippen LogP contribution in [0, 0.1) is 0 Å². The summed E-state index contributed by atoms with van der Waals surface area (Å²) in [6.45, 7) is 3.39. The monoisotopic (exact) mass is 300 g/mol. The van der Waals surface area contributed by atoms with Crippen molar-refractivity contribution in [3.8, 4) is 22.8 Å². The van der Waals surface area contributed by atoms with Crippen LogP contribution in [0.3, 0.4) is 0 Å². The number of hydrogen-bond donors (Lipinski definition) is 2. The highest BCUT2D eigenvalue weighted by molar-refractivity contribution is 5.66. The van der Waals surface area contributed by atoms with Gasteiger partial charge in [0.25, 0.3) is 0 Å². The number of hydrogen-bond acceptors (Lipinski definition) is 5. The Balaban J connectivity index is 1.50. The van der Waals surface area contributed by atoms with Gasteiger partial charge in [-0.3, -0.25) is 5.10 Å². The number of rotatable bonds is 4. The van der Waals surface area contributed by atoms with E-state index < -0.39 is 0 Å². The molecule has 1 aromatic heterocycles. The molecule has 4 rings (SSSR count). The number of likely N-dealkylation sites (N-methyl/N-ethyl adjacent to an activating group) is 1. The Morgan fingerprint density at radius 2 is 2.27 bits per heavy atom. The van der Waals surface area contributed by atoms with E-state index in [-0.39, 0.29) is 0 Å². The highest BCUT2D eigenvalue weighted by Crippen LogP contribution is 2.36. The van der Waals surface area contributed by atoms with E-state index in [2.05, 4.69) is 27.5 Å². The summed E-state index contributed by atoms with van der Waals surface area (Å²) in [5, 5.41) is 10.9. The van der Waals surface area contributed by atoms with E-state index >= 15 is 0 Å². The van der Waals surface area contributed by atoms with Crippen molar-refractivity contribution in [2.45, 2.75) is 19.0 Å². The molecule has 2 aliphatic rings. The standard InChI is InChI=1S/C16H20N4O2/c1-20-5-4-13(9-20)17-7-12-8-18-19-16(12)11-2-3-14-15(6-11)22-10-21-14/h2-3,6,8,13,17H,4-5,7,9-10H2,1H3,(H,18,19)/t13-/m1/s1. The number of nitrogens with one attached hydrogen (secondary N) is 2. The Kier molecular flexibility index (Phi) is 3.48. The molecule has 22 heavy (non-hydrogen) atoms. The first-order valence-corrected chi connectivity index (χ1v) is 7.64. The molecule has 0 saturated carbocycles. The molecule has 1 fully saturated rings. The summed E-state index contributed by atoms with van der Waals surface area (Å²) < 4.78 is 10.8. The van der Waals surface area contributed by atoms with Gasteiger partial charge in [0.2, 0.25) is 6.79 Å². The van der Waals surface area contributed by atoms with Gasteiger partial charge in [-0.15, -0.1) is 0 Å². The van der Waals surface area contributed by atoms with Gasteiger partial charge in [-0.1, -0.05) is 0 Å². The molecule has 0 unspecified atom stereocenters. The molecule has 6 nitrogen and oxygen atoms in total. The highest BCUT2D eigenvalue weighted by Gasteiger charge is 2.20. The fourth-order valence-electron chi connectivity index (χ4n) is 3.10. The van der Waals surface area contributed by atoms with E-state index in [0.717, 1.165) is 42.4 Å². The van der Waals surface area contributed by atoms with Gasteiger partial charge in [0, 0.05) is 30.3 Å². The average molecular weight is 300 g/mol. The Labute approximate surface area is 129 Å². The molecule has 6 heteroatoms. The summed E-state index contributed by atoms with van der Waals surface area (Å²) in [4.78, 5) is 2.35. The lowest BCUT2D eigenvalue weighted by molar-refractivity contribution is 0.174. The molecule has 2 N–H and O–H groups in total. The molecule has 0 radical (unpaired) electrons. The quantitative estimate of drug-likeness (QED) is 0.898. The Bertz CT molecular complexity index is 670. The zero-order valence-electron chi connectivity index (χ0n) is 12.6. The molecule has 2 aliphatic heterocycles. The summed E-state index contributed by atoms with van der Waals surface area (Å²) in [5.74, 6) is 1.60. The van der Waals surface area contributed by atoms with Gasteiger partial charge in [0.1, 0.15) is 0 Å². The fraction of sp³-hybridized carbons (Fsp3) is 0.438. The topological polar surface area (TPSA) is 62.4 Å². The Morgan fingerprint density at radius 1 is 1.36 bits per heavy atom. The minimum atomic E-state index is 0.297. The number of aromatic nitrogens is 2.